The fourth-order valence-electron chi connectivity index (χ4n) is 2.38. The topological polar surface area (TPSA) is 68.0 Å². The molecule has 24 heavy (non-hydrogen) atoms. The van der Waals surface area contributed by atoms with E-state index >= 15 is 0 Å². The van der Waals surface area contributed by atoms with Crippen molar-refractivity contribution < 1.29 is 4.79 Å². The monoisotopic (exact) mass is 357 g/mol. The highest BCUT2D eigenvalue weighted by molar-refractivity contribution is 7.18. The second kappa shape index (κ2) is 7.03. The van der Waals surface area contributed by atoms with Crippen molar-refractivity contribution in [3.8, 4) is 0 Å². The second-order valence-electron chi connectivity index (χ2n) is 5.18. The summed E-state index contributed by atoms with van der Waals surface area (Å²) in [5.74, 6) is -0.00572. The number of rotatable bonds is 5. The molecular weight excluding hydrogens is 342 g/mol. The van der Waals surface area contributed by atoms with Crippen LogP contribution in [0.25, 0.3) is 0 Å². The molecule has 0 spiro atoms. The number of aromatic nitrogens is 1. The molecule has 122 valence electrons. The Morgan fingerprint density at radius 3 is 2.67 bits per heavy atom. The van der Waals surface area contributed by atoms with Gasteiger partial charge in [0.05, 0.1) is 5.02 Å². The number of aryl methyl sites for hydroxylation is 1. The van der Waals surface area contributed by atoms with Crippen molar-refractivity contribution in [1.29, 1.82) is 0 Å². The standard InChI is InChI=1S/C18H16ClN3OS/c1-2-11-7-3-6-10-14(11)21-18-22-17(20)16(24-18)15(23)12-8-4-5-9-13(12)19/h3-10H,2,20H2,1H3,(H,21,22). The maximum atomic E-state index is 12.7. The van der Waals surface area contributed by atoms with Gasteiger partial charge in [-0.05, 0) is 30.2 Å². The van der Waals surface area contributed by atoms with Gasteiger partial charge in [-0.25, -0.2) is 4.98 Å². The van der Waals surface area contributed by atoms with Crippen molar-refractivity contribution in [2.75, 3.05) is 11.1 Å². The average Bonchev–Trinajstić information content (AvgIpc) is 2.95. The number of thiazole rings is 1. The van der Waals surface area contributed by atoms with Gasteiger partial charge in [0.1, 0.15) is 10.7 Å². The van der Waals surface area contributed by atoms with Gasteiger partial charge in [-0.2, -0.15) is 0 Å². The lowest BCUT2D eigenvalue weighted by atomic mass is 10.1. The molecule has 0 saturated carbocycles. The highest BCUT2D eigenvalue weighted by Gasteiger charge is 2.20. The molecule has 0 radical (unpaired) electrons. The normalized spacial score (nSPS) is 10.6. The Kier molecular flexibility index (Phi) is 4.83. The number of nitrogens with one attached hydrogen (secondary N) is 1. The summed E-state index contributed by atoms with van der Waals surface area (Å²) in [6.45, 7) is 2.09. The van der Waals surface area contributed by atoms with Crippen LogP contribution in [0, 0.1) is 0 Å². The van der Waals surface area contributed by atoms with Crippen molar-refractivity contribution in [3.63, 3.8) is 0 Å². The van der Waals surface area contributed by atoms with Crippen molar-refractivity contribution in [2.24, 2.45) is 0 Å². The maximum absolute atomic E-state index is 12.7. The predicted molar refractivity (Wildman–Crippen MR) is 101 cm³/mol. The third kappa shape index (κ3) is 3.27. The van der Waals surface area contributed by atoms with Crippen molar-refractivity contribution in [3.05, 3.63) is 69.6 Å². The van der Waals surface area contributed by atoms with E-state index in [-0.39, 0.29) is 11.6 Å². The summed E-state index contributed by atoms with van der Waals surface area (Å²) < 4.78 is 0. The van der Waals surface area contributed by atoms with Crippen LogP contribution in [-0.4, -0.2) is 10.8 Å². The summed E-state index contributed by atoms with van der Waals surface area (Å²) in [7, 11) is 0. The molecule has 0 atom stereocenters. The largest absolute Gasteiger partial charge is 0.382 e. The van der Waals surface area contributed by atoms with Gasteiger partial charge in [0.25, 0.3) is 0 Å². The van der Waals surface area contributed by atoms with Gasteiger partial charge in [0, 0.05) is 11.3 Å². The Morgan fingerprint density at radius 1 is 1.21 bits per heavy atom. The van der Waals surface area contributed by atoms with Crippen LogP contribution in [0.3, 0.4) is 0 Å². The summed E-state index contributed by atoms with van der Waals surface area (Å²) >= 11 is 7.33. The first-order valence-electron chi connectivity index (χ1n) is 7.50. The molecule has 0 fully saturated rings. The lowest BCUT2D eigenvalue weighted by Crippen LogP contribution is -2.03. The van der Waals surface area contributed by atoms with Gasteiger partial charge in [0.15, 0.2) is 5.13 Å². The molecule has 1 aromatic heterocycles. The number of anilines is 3. The van der Waals surface area contributed by atoms with E-state index in [0.717, 1.165) is 12.1 Å². The molecule has 1 heterocycles. The van der Waals surface area contributed by atoms with Crippen LogP contribution in [0.1, 0.15) is 27.7 Å². The summed E-state index contributed by atoms with van der Waals surface area (Å²) in [5.41, 5.74) is 8.51. The molecule has 0 aliphatic carbocycles. The first kappa shape index (κ1) is 16.5. The second-order valence-corrected chi connectivity index (χ2v) is 6.58. The molecule has 0 aliphatic heterocycles. The number of nitrogen functional groups attached to an aromatic ring is 1. The predicted octanol–water partition coefficient (Wildman–Crippen LogP) is 4.92. The van der Waals surface area contributed by atoms with E-state index in [4.69, 9.17) is 17.3 Å². The van der Waals surface area contributed by atoms with E-state index < -0.39 is 0 Å². The number of halogens is 1. The lowest BCUT2D eigenvalue weighted by molar-refractivity contribution is 0.104. The molecule has 4 nitrogen and oxygen atoms in total. The van der Waals surface area contributed by atoms with Crippen LogP contribution in [0.5, 0.6) is 0 Å². The van der Waals surface area contributed by atoms with Gasteiger partial charge in [0.2, 0.25) is 5.78 Å². The summed E-state index contributed by atoms with van der Waals surface area (Å²) in [4.78, 5) is 17.3. The number of nitrogens with two attached hydrogens (primary N) is 1. The molecule has 3 aromatic rings. The first-order valence-corrected chi connectivity index (χ1v) is 8.70. The number of nitrogens with zero attached hydrogens (tertiary/aromatic N) is 1. The van der Waals surface area contributed by atoms with Gasteiger partial charge in [-0.3, -0.25) is 4.79 Å². The smallest absolute Gasteiger partial charge is 0.208 e. The maximum Gasteiger partial charge on any atom is 0.208 e. The van der Waals surface area contributed by atoms with Crippen molar-refractivity contribution in [2.45, 2.75) is 13.3 Å². The Balaban J connectivity index is 1.91. The lowest BCUT2D eigenvalue weighted by Gasteiger charge is -2.07. The van der Waals surface area contributed by atoms with Crippen LogP contribution in [0.2, 0.25) is 5.02 Å². The third-order valence-corrected chi connectivity index (χ3v) is 4.93. The van der Waals surface area contributed by atoms with E-state index in [1.165, 1.54) is 16.9 Å². The van der Waals surface area contributed by atoms with Crippen LogP contribution in [-0.2, 0) is 6.42 Å². The zero-order valence-corrected chi connectivity index (χ0v) is 14.6. The molecule has 0 unspecified atom stereocenters. The molecule has 6 heteroatoms. The summed E-state index contributed by atoms with van der Waals surface area (Å²) in [5, 5.41) is 4.24. The number of hydrogen-bond donors (Lipinski definition) is 2. The molecule has 0 aliphatic rings. The summed E-state index contributed by atoms with van der Waals surface area (Å²) in [6, 6.07) is 14.9. The highest BCUT2D eigenvalue weighted by atomic mass is 35.5. The SMILES string of the molecule is CCc1ccccc1Nc1nc(N)c(C(=O)c2ccccc2Cl)s1. The molecule has 0 saturated heterocycles. The number of para-hydroxylation sites is 1. The van der Waals surface area contributed by atoms with Gasteiger partial charge in [-0.15, -0.1) is 0 Å². The minimum atomic E-state index is -0.215. The first-order chi connectivity index (χ1) is 11.6. The van der Waals surface area contributed by atoms with Crippen LogP contribution < -0.4 is 11.1 Å². The van der Waals surface area contributed by atoms with Crippen molar-refractivity contribution in [1.82, 2.24) is 4.98 Å². The van der Waals surface area contributed by atoms with Gasteiger partial charge < -0.3 is 11.1 Å². The van der Waals surface area contributed by atoms with E-state index in [0.29, 0.717) is 20.6 Å². The number of ketones is 1. The Labute approximate surface area is 149 Å². The van der Waals surface area contributed by atoms with Crippen LogP contribution >= 0.6 is 22.9 Å². The molecular formula is C18H16ClN3OS. The van der Waals surface area contributed by atoms with E-state index in [2.05, 4.69) is 23.3 Å². The minimum absolute atomic E-state index is 0.210. The average molecular weight is 358 g/mol. The van der Waals surface area contributed by atoms with Gasteiger partial charge >= 0.3 is 0 Å². The molecule has 0 amide bonds. The van der Waals surface area contributed by atoms with E-state index in [1.807, 2.05) is 18.2 Å². The van der Waals surface area contributed by atoms with Crippen LogP contribution in [0.15, 0.2) is 48.5 Å². The molecule has 2 aromatic carbocycles. The zero-order chi connectivity index (χ0) is 17.1. The van der Waals surface area contributed by atoms with Crippen molar-refractivity contribution >= 4 is 45.4 Å². The Hall–Kier alpha value is -2.37. The molecule has 3 N–H and O–H groups in total. The molecule has 3 rings (SSSR count). The Morgan fingerprint density at radius 2 is 1.92 bits per heavy atom. The number of hydrogen-bond acceptors (Lipinski definition) is 5. The summed E-state index contributed by atoms with van der Waals surface area (Å²) in [6.07, 6.45) is 0.898. The minimum Gasteiger partial charge on any atom is -0.382 e. The van der Waals surface area contributed by atoms with Gasteiger partial charge in [-0.1, -0.05) is 60.2 Å². The molecule has 0 bridgehead atoms. The fourth-order valence-corrected chi connectivity index (χ4v) is 3.45. The third-order valence-electron chi connectivity index (χ3n) is 3.62. The fraction of sp³-hybridized carbons (Fsp3) is 0.111. The van der Waals surface area contributed by atoms with E-state index in [1.54, 1.807) is 24.3 Å². The quantitative estimate of drug-likeness (QED) is 0.636. The number of benzene rings is 2. The zero-order valence-electron chi connectivity index (χ0n) is 13.0. The Bertz CT molecular complexity index is 891. The van der Waals surface area contributed by atoms with Crippen LogP contribution in [0.4, 0.5) is 16.6 Å². The number of carbonyl (C=O) groups is 1. The van der Waals surface area contributed by atoms with E-state index in [9.17, 15) is 4.79 Å². The highest BCUT2D eigenvalue weighted by Crippen LogP contribution is 2.32. The number of carbonyl (C=O) groups excluding carboxylic acids is 1.